The molecule has 1 saturated heterocycles. The predicted octanol–water partition coefficient (Wildman–Crippen LogP) is -0.435. The molecule has 1 heterocycles. The minimum absolute atomic E-state index is 0.0411. The van der Waals surface area contributed by atoms with Crippen LogP contribution >= 0.6 is 0 Å². The molecule has 1 aromatic rings. The minimum atomic E-state index is -1.10. The average Bonchev–Trinajstić information content (AvgIpc) is 2.75. The van der Waals surface area contributed by atoms with Crippen LogP contribution in [-0.4, -0.2) is 42.0 Å². The molecule has 1 unspecified atom stereocenters. The van der Waals surface area contributed by atoms with E-state index in [2.05, 4.69) is 5.32 Å². The molecule has 1 aliphatic heterocycles. The Balaban J connectivity index is 2.05. The number of carboxylic acid groups (broad SMARTS) is 1. The molecule has 1 atom stereocenters. The standard InChI is InChI=1S/C13H15N3O4/c14-9-5-11(17)16(7-9)10-3-1-8(2-4-10)13(20)15-6-12(18)19/h1-4,9H,5-7,14H2,(H,15,20)(H,18,19). The van der Waals surface area contributed by atoms with Gasteiger partial charge in [0.25, 0.3) is 5.91 Å². The topological polar surface area (TPSA) is 113 Å². The second kappa shape index (κ2) is 5.70. The second-order valence-electron chi connectivity index (χ2n) is 4.59. The lowest BCUT2D eigenvalue weighted by Gasteiger charge is -2.16. The van der Waals surface area contributed by atoms with Crippen molar-refractivity contribution in [3.63, 3.8) is 0 Å². The number of carbonyl (C=O) groups is 3. The first-order valence-electron chi connectivity index (χ1n) is 6.13. The fourth-order valence-corrected chi connectivity index (χ4v) is 2.04. The third kappa shape index (κ3) is 3.12. The quantitative estimate of drug-likeness (QED) is 0.691. The molecule has 20 heavy (non-hydrogen) atoms. The zero-order chi connectivity index (χ0) is 14.7. The van der Waals surface area contributed by atoms with Crippen molar-refractivity contribution >= 4 is 23.5 Å². The van der Waals surface area contributed by atoms with Gasteiger partial charge < -0.3 is 21.1 Å². The van der Waals surface area contributed by atoms with E-state index >= 15 is 0 Å². The van der Waals surface area contributed by atoms with Gasteiger partial charge in [-0.05, 0) is 24.3 Å². The van der Waals surface area contributed by atoms with Crippen LogP contribution in [0.15, 0.2) is 24.3 Å². The molecule has 0 bridgehead atoms. The lowest BCUT2D eigenvalue weighted by atomic mass is 10.2. The van der Waals surface area contributed by atoms with E-state index in [1.54, 1.807) is 29.2 Å². The number of carboxylic acids is 1. The molecule has 2 rings (SSSR count). The molecule has 2 amide bonds. The summed E-state index contributed by atoms with van der Waals surface area (Å²) in [6.45, 7) is 0.0312. The molecule has 4 N–H and O–H groups in total. The Morgan fingerprint density at radius 3 is 2.50 bits per heavy atom. The Bertz CT molecular complexity index is 541. The van der Waals surface area contributed by atoms with Gasteiger partial charge in [-0.25, -0.2) is 0 Å². The largest absolute Gasteiger partial charge is 0.480 e. The van der Waals surface area contributed by atoms with Crippen molar-refractivity contribution in [2.45, 2.75) is 12.5 Å². The number of carbonyl (C=O) groups excluding carboxylic acids is 2. The van der Waals surface area contributed by atoms with Gasteiger partial charge in [-0.2, -0.15) is 0 Å². The number of anilines is 1. The third-order valence-electron chi connectivity index (χ3n) is 3.00. The lowest BCUT2D eigenvalue weighted by Crippen LogP contribution is -2.29. The highest BCUT2D eigenvalue weighted by atomic mass is 16.4. The molecule has 106 valence electrons. The summed E-state index contributed by atoms with van der Waals surface area (Å²) in [4.78, 5) is 35.2. The van der Waals surface area contributed by atoms with Crippen molar-refractivity contribution in [1.29, 1.82) is 0 Å². The first-order chi connectivity index (χ1) is 9.47. The number of nitrogens with two attached hydrogens (primary N) is 1. The zero-order valence-corrected chi connectivity index (χ0v) is 10.7. The summed E-state index contributed by atoms with van der Waals surface area (Å²) in [6.07, 6.45) is 0.320. The van der Waals surface area contributed by atoms with Gasteiger partial charge >= 0.3 is 5.97 Å². The maximum absolute atomic E-state index is 11.7. The molecule has 1 aliphatic rings. The van der Waals surface area contributed by atoms with Crippen LogP contribution in [0.3, 0.4) is 0 Å². The number of amides is 2. The van der Waals surface area contributed by atoms with E-state index in [1.165, 1.54) is 0 Å². The zero-order valence-electron chi connectivity index (χ0n) is 10.7. The molecule has 7 nitrogen and oxygen atoms in total. The van der Waals surface area contributed by atoms with Gasteiger partial charge in [0, 0.05) is 30.3 Å². The van der Waals surface area contributed by atoms with Gasteiger partial charge in [0.2, 0.25) is 5.91 Å². The van der Waals surface area contributed by atoms with Crippen molar-refractivity contribution in [2.75, 3.05) is 18.0 Å². The summed E-state index contributed by atoms with van der Waals surface area (Å²) >= 11 is 0. The fraction of sp³-hybridized carbons (Fsp3) is 0.308. The summed E-state index contributed by atoms with van der Waals surface area (Å²) in [6, 6.07) is 6.21. The van der Waals surface area contributed by atoms with Crippen LogP contribution in [-0.2, 0) is 9.59 Å². The van der Waals surface area contributed by atoms with Crippen LogP contribution in [0, 0.1) is 0 Å². The van der Waals surface area contributed by atoms with E-state index < -0.39 is 18.4 Å². The number of benzene rings is 1. The van der Waals surface area contributed by atoms with Crippen LogP contribution in [0.25, 0.3) is 0 Å². The van der Waals surface area contributed by atoms with Gasteiger partial charge in [-0.15, -0.1) is 0 Å². The minimum Gasteiger partial charge on any atom is -0.480 e. The molecular weight excluding hydrogens is 262 g/mol. The Kier molecular flexibility index (Phi) is 3.99. The van der Waals surface area contributed by atoms with Crippen molar-refractivity contribution in [3.8, 4) is 0 Å². The number of aliphatic carboxylic acids is 1. The van der Waals surface area contributed by atoms with E-state index in [1.807, 2.05) is 0 Å². The Morgan fingerprint density at radius 1 is 1.35 bits per heavy atom. The second-order valence-corrected chi connectivity index (χ2v) is 4.59. The molecule has 0 saturated carbocycles. The Hall–Kier alpha value is -2.41. The van der Waals surface area contributed by atoms with Crippen molar-refractivity contribution in [1.82, 2.24) is 5.32 Å². The summed E-state index contributed by atoms with van der Waals surface area (Å²) in [5, 5.41) is 10.7. The van der Waals surface area contributed by atoms with E-state index in [0.717, 1.165) is 0 Å². The van der Waals surface area contributed by atoms with Crippen LogP contribution in [0.1, 0.15) is 16.8 Å². The monoisotopic (exact) mass is 277 g/mol. The molecular formula is C13H15N3O4. The fourth-order valence-electron chi connectivity index (χ4n) is 2.04. The summed E-state index contributed by atoms with van der Waals surface area (Å²) < 4.78 is 0. The number of rotatable bonds is 4. The summed E-state index contributed by atoms with van der Waals surface area (Å²) in [7, 11) is 0. The van der Waals surface area contributed by atoms with E-state index in [-0.39, 0.29) is 11.9 Å². The number of hydrogen-bond acceptors (Lipinski definition) is 4. The van der Waals surface area contributed by atoms with E-state index in [9.17, 15) is 14.4 Å². The van der Waals surface area contributed by atoms with Crippen LogP contribution in [0.5, 0.6) is 0 Å². The van der Waals surface area contributed by atoms with Gasteiger partial charge in [-0.1, -0.05) is 0 Å². The number of hydrogen-bond donors (Lipinski definition) is 3. The molecule has 1 fully saturated rings. The number of nitrogens with one attached hydrogen (secondary N) is 1. The first-order valence-corrected chi connectivity index (χ1v) is 6.13. The van der Waals surface area contributed by atoms with Gasteiger partial charge in [-0.3, -0.25) is 14.4 Å². The molecule has 7 heteroatoms. The molecule has 0 aromatic heterocycles. The molecule has 0 aliphatic carbocycles. The van der Waals surface area contributed by atoms with Crippen molar-refractivity contribution < 1.29 is 19.5 Å². The Labute approximate surface area is 115 Å². The van der Waals surface area contributed by atoms with Crippen LogP contribution in [0.2, 0.25) is 0 Å². The van der Waals surface area contributed by atoms with Gasteiger partial charge in [0.1, 0.15) is 6.54 Å². The van der Waals surface area contributed by atoms with Crippen molar-refractivity contribution in [3.05, 3.63) is 29.8 Å². The predicted molar refractivity (Wildman–Crippen MR) is 71.4 cm³/mol. The molecule has 0 spiro atoms. The van der Waals surface area contributed by atoms with Gasteiger partial charge in [0.15, 0.2) is 0 Å². The molecule has 0 radical (unpaired) electrons. The highest BCUT2D eigenvalue weighted by Gasteiger charge is 2.27. The third-order valence-corrected chi connectivity index (χ3v) is 3.00. The normalized spacial score (nSPS) is 18.1. The molecule has 1 aromatic carbocycles. The van der Waals surface area contributed by atoms with Crippen LogP contribution < -0.4 is 16.0 Å². The first kappa shape index (κ1) is 14.0. The van der Waals surface area contributed by atoms with E-state index in [4.69, 9.17) is 10.8 Å². The van der Waals surface area contributed by atoms with E-state index in [0.29, 0.717) is 24.2 Å². The maximum Gasteiger partial charge on any atom is 0.322 e. The number of nitrogens with zero attached hydrogens (tertiary/aromatic N) is 1. The van der Waals surface area contributed by atoms with Gasteiger partial charge in [0.05, 0.1) is 0 Å². The van der Waals surface area contributed by atoms with Crippen LogP contribution in [0.4, 0.5) is 5.69 Å². The SMILES string of the molecule is NC1CC(=O)N(c2ccc(C(=O)NCC(=O)O)cc2)C1. The highest BCUT2D eigenvalue weighted by molar-refractivity contribution is 5.98. The maximum atomic E-state index is 11.7. The smallest absolute Gasteiger partial charge is 0.322 e. The highest BCUT2D eigenvalue weighted by Crippen LogP contribution is 2.21. The van der Waals surface area contributed by atoms with Crippen molar-refractivity contribution in [2.24, 2.45) is 5.73 Å². The summed E-state index contributed by atoms with van der Waals surface area (Å²) in [5.41, 5.74) is 6.73. The Morgan fingerprint density at radius 2 is 2.00 bits per heavy atom. The summed E-state index contributed by atoms with van der Waals surface area (Å²) in [5.74, 6) is -1.62. The lowest BCUT2D eigenvalue weighted by molar-refractivity contribution is -0.135. The average molecular weight is 277 g/mol.